The van der Waals surface area contributed by atoms with E-state index < -0.39 is 15.8 Å². The van der Waals surface area contributed by atoms with Crippen molar-refractivity contribution in [3.8, 4) is 0 Å². The average Bonchev–Trinajstić information content (AvgIpc) is 2.40. The van der Waals surface area contributed by atoms with Gasteiger partial charge in [-0.05, 0) is 50.2 Å². The molecule has 5 nitrogen and oxygen atoms in total. The molecule has 7 heteroatoms. The van der Waals surface area contributed by atoms with Crippen molar-refractivity contribution in [3.05, 3.63) is 48.4 Å². The standard InChI is InChI=1S/C14H16FN3O2S/c1-10(2)17-12-5-8-14(16-9-12)18-21(19,20)13-6-3-11(15)4-7-13/h3-10,17H,1-2H3,(H,16,18). The first-order valence-electron chi connectivity index (χ1n) is 6.38. The highest BCUT2D eigenvalue weighted by Gasteiger charge is 2.14. The van der Waals surface area contributed by atoms with Gasteiger partial charge in [-0.15, -0.1) is 0 Å². The van der Waals surface area contributed by atoms with Crippen molar-refractivity contribution in [1.82, 2.24) is 4.98 Å². The summed E-state index contributed by atoms with van der Waals surface area (Å²) in [5.74, 6) is -0.287. The van der Waals surface area contributed by atoms with Gasteiger partial charge in [0, 0.05) is 6.04 Å². The smallest absolute Gasteiger partial charge is 0.263 e. The molecule has 0 amide bonds. The second kappa shape index (κ2) is 6.09. The number of pyridine rings is 1. The van der Waals surface area contributed by atoms with E-state index in [0.29, 0.717) is 0 Å². The number of anilines is 2. The van der Waals surface area contributed by atoms with Crippen LogP contribution in [0.15, 0.2) is 47.5 Å². The number of benzene rings is 1. The van der Waals surface area contributed by atoms with Crippen molar-refractivity contribution >= 4 is 21.5 Å². The summed E-state index contributed by atoms with van der Waals surface area (Å²) in [7, 11) is -3.77. The van der Waals surface area contributed by atoms with Crippen molar-refractivity contribution in [2.24, 2.45) is 0 Å². The summed E-state index contributed by atoms with van der Waals surface area (Å²) in [5.41, 5.74) is 0.801. The van der Waals surface area contributed by atoms with Crippen molar-refractivity contribution in [2.45, 2.75) is 24.8 Å². The molecule has 2 rings (SSSR count). The van der Waals surface area contributed by atoms with Crippen LogP contribution in [0.2, 0.25) is 0 Å². The maximum atomic E-state index is 12.8. The van der Waals surface area contributed by atoms with Crippen LogP contribution >= 0.6 is 0 Å². The van der Waals surface area contributed by atoms with Gasteiger partial charge in [0.15, 0.2) is 0 Å². The molecule has 0 saturated carbocycles. The predicted octanol–water partition coefficient (Wildman–Crippen LogP) is 2.84. The predicted molar refractivity (Wildman–Crippen MR) is 80.2 cm³/mol. The van der Waals surface area contributed by atoms with E-state index in [2.05, 4.69) is 15.0 Å². The van der Waals surface area contributed by atoms with Gasteiger partial charge in [0.2, 0.25) is 0 Å². The van der Waals surface area contributed by atoms with E-state index in [9.17, 15) is 12.8 Å². The number of hydrogen-bond acceptors (Lipinski definition) is 4. The minimum Gasteiger partial charge on any atom is -0.382 e. The van der Waals surface area contributed by atoms with Gasteiger partial charge in [-0.1, -0.05) is 0 Å². The van der Waals surface area contributed by atoms with E-state index in [1.54, 1.807) is 18.3 Å². The molecule has 0 radical (unpaired) electrons. The van der Waals surface area contributed by atoms with Gasteiger partial charge in [0.05, 0.1) is 16.8 Å². The number of aromatic nitrogens is 1. The second-order valence-electron chi connectivity index (χ2n) is 4.79. The van der Waals surface area contributed by atoms with Crippen LogP contribution in [-0.4, -0.2) is 19.4 Å². The summed E-state index contributed by atoms with van der Waals surface area (Å²) < 4.78 is 39.3. The largest absolute Gasteiger partial charge is 0.382 e. The Hall–Kier alpha value is -2.15. The van der Waals surface area contributed by atoms with Gasteiger partial charge in [0.25, 0.3) is 10.0 Å². The summed E-state index contributed by atoms with van der Waals surface area (Å²) in [6.45, 7) is 3.98. The maximum absolute atomic E-state index is 12.8. The van der Waals surface area contributed by atoms with Crippen LogP contribution in [-0.2, 0) is 10.0 Å². The summed E-state index contributed by atoms with van der Waals surface area (Å²) in [5, 5.41) is 3.15. The number of hydrogen-bond donors (Lipinski definition) is 2. The topological polar surface area (TPSA) is 71.1 Å². The third kappa shape index (κ3) is 4.16. The lowest BCUT2D eigenvalue weighted by atomic mass is 10.3. The number of nitrogens with zero attached hydrogens (tertiary/aromatic N) is 1. The van der Waals surface area contributed by atoms with Gasteiger partial charge < -0.3 is 5.32 Å². The summed E-state index contributed by atoms with van der Waals surface area (Å²) in [6, 6.07) is 8.14. The van der Waals surface area contributed by atoms with E-state index >= 15 is 0 Å². The molecular weight excluding hydrogens is 293 g/mol. The van der Waals surface area contributed by atoms with E-state index in [-0.39, 0.29) is 16.8 Å². The Morgan fingerprint density at radius 2 is 1.76 bits per heavy atom. The fourth-order valence-electron chi connectivity index (χ4n) is 1.68. The highest BCUT2D eigenvalue weighted by molar-refractivity contribution is 7.92. The molecule has 0 aliphatic heterocycles. The van der Waals surface area contributed by atoms with Crippen LogP contribution < -0.4 is 10.0 Å². The number of nitrogens with one attached hydrogen (secondary N) is 2. The molecule has 1 aromatic carbocycles. The Bertz CT molecular complexity index is 698. The fraction of sp³-hybridized carbons (Fsp3) is 0.214. The fourth-order valence-corrected chi connectivity index (χ4v) is 2.69. The van der Waals surface area contributed by atoms with Crippen molar-refractivity contribution in [3.63, 3.8) is 0 Å². The lowest BCUT2D eigenvalue weighted by molar-refractivity contribution is 0.599. The van der Waals surface area contributed by atoms with E-state index in [1.165, 1.54) is 12.1 Å². The molecule has 2 aromatic rings. The van der Waals surface area contributed by atoms with Crippen LogP contribution in [0.25, 0.3) is 0 Å². The molecule has 0 unspecified atom stereocenters. The normalized spacial score (nSPS) is 11.4. The van der Waals surface area contributed by atoms with Crippen LogP contribution in [0.1, 0.15) is 13.8 Å². The molecule has 0 fully saturated rings. The Morgan fingerprint density at radius 1 is 1.10 bits per heavy atom. The SMILES string of the molecule is CC(C)Nc1ccc(NS(=O)(=O)c2ccc(F)cc2)nc1. The number of rotatable bonds is 5. The quantitative estimate of drug-likeness (QED) is 0.891. The molecular formula is C14H16FN3O2S. The van der Waals surface area contributed by atoms with Gasteiger partial charge in [0.1, 0.15) is 11.6 Å². The van der Waals surface area contributed by atoms with E-state index in [0.717, 1.165) is 17.8 Å². The molecule has 0 bridgehead atoms. The van der Waals surface area contributed by atoms with Gasteiger partial charge in [-0.25, -0.2) is 17.8 Å². The zero-order valence-electron chi connectivity index (χ0n) is 11.7. The first-order chi connectivity index (χ1) is 9.87. The summed E-state index contributed by atoms with van der Waals surface area (Å²) in [4.78, 5) is 4.01. The highest BCUT2D eigenvalue weighted by Crippen LogP contribution is 2.16. The minimum absolute atomic E-state index is 0.0184. The molecule has 0 saturated heterocycles. The highest BCUT2D eigenvalue weighted by atomic mass is 32.2. The lowest BCUT2D eigenvalue weighted by Gasteiger charge is -2.11. The first-order valence-corrected chi connectivity index (χ1v) is 7.86. The molecule has 0 spiro atoms. The van der Waals surface area contributed by atoms with Crippen LogP contribution in [0, 0.1) is 5.82 Å². The average molecular weight is 309 g/mol. The maximum Gasteiger partial charge on any atom is 0.263 e. The molecule has 1 heterocycles. The Balaban J connectivity index is 2.15. The Morgan fingerprint density at radius 3 is 2.29 bits per heavy atom. The van der Waals surface area contributed by atoms with Crippen molar-refractivity contribution in [1.29, 1.82) is 0 Å². The molecule has 2 N–H and O–H groups in total. The van der Waals surface area contributed by atoms with E-state index in [4.69, 9.17) is 0 Å². The van der Waals surface area contributed by atoms with Gasteiger partial charge in [-0.2, -0.15) is 0 Å². The van der Waals surface area contributed by atoms with Gasteiger partial charge in [-0.3, -0.25) is 4.72 Å². The third-order valence-corrected chi connectivity index (χ3v) is 3.95. The van der Waals surface area contributed by atoms with Crippen molar-refractivity contribution < 1.29 is 12.8 Å². The summed E-state index contributed by atoms with van der Waals surface area (Å²) in [6.07, 6.45) is 1.54. The zero-order chi connectivity index (χ0) is 15.5. The van der Waals surface area contributed by atoms with Crippen LogP contribution in [0.3, 0.4) is 0 Å². The van der Waals surface area contributed by atoms with Crippen LogP contribution in [0.5, 0.6) is 0 Å². The summed E-state index contributed by atoms with van der Waals surface area (Å²) >= 11 is 0. The molecule has 0 aliphatic carbocycles. The molecule has 112 valence electrons. The molecule has 0 atom stereocenters. The minimum atomic E-state index is -3.77. The third-order valence-electron chi connectivity index (χ3n) is 2.58. The Kier molecular flexibility index (Phi) is 4.42. The monoisotopic (exact) mass is 309 g/mol. The first kappa shape index (κ1) is 15.2. The zero-order valence-corrected chi connectivity index (χ0v) is 12.5. The molecule has 21 heavy (non-hydrogen) atoms. The number of halogens is 1. The van der Waals surface area contributed by atoms with E-state index in [1.807, 2.05) is 13.8 Å². The van der Waals surface area contributed by atoms with Crippen molar-refractivity contribution in [2.75, 3.05) is 10.0 Å². The number of sulfonamides is 1. The Labute approximate surface area is 123 Å². The second-order valence-corrected chi connectivity index (χ2v) is 6.47. The lowest BCUT2D eigenvalue weighted by Crippen LogP contribution is -2.14. The molecule has 0 aliphatic rings. The van der Waals surface area contributed by atoms with Gasteiger partial charge >= 0.3 is 0 Å². The van der Waals surface area contributed by atoms with Crippen LogP contribution in [0.4, 0.5) is 15.9 Å². The molecule has 1 aromatic heterocycles.